The van der Waals surface area contributed by atoms with Gasteiger partial charge in [-0.05, 0) is 25.0 Å². The molecule has 1 aromatic carbocycles. The number of benzene rings is 1. The SMILES string of the molecule is O=C(CN1CCN(S(=O)(=O)c2ccccc2)CC1)N1CCCCCCC1. The number of piperazine rings is 1. The van der Waals surface area contributed by atoms with E-state index in [4.69, 9.17) is 0 Å². The number of carbonyl (C=O) groups is 1. The summed E-state index contributed by atoms with van der Waals surface area (Å²) in [5.41, 5.74) is 0. The molecule has 0 spiro atoms. The fraction of sp³-hybridized carbons (Fsp3) is 0.632. The molecular weight excluding hydrogens is 350 g/mol. The van der Waals surface area contributed by atoms with E-state index in [0.717, 1.165) is 25.9 Å². The van der Waals surface area contributed by atoms with Gasteiger partial charge in [-0.25, -0.2) is 8.42 Å². The molecule has 1 aromatic rings. The Kier molecular flexibility index (Phi) is 6.67. The molecule has 3 rings (SSSR count). The van der Waals surface area contributed by atoms with Crippen molar-refractivity contribution in [3.05, 3.63) is 30.3 Å². The maximum absolute atomic E-state index is 12.7. The average molecular weight is 380 g/mol. The van der Waals surface area contributed by atoms with Crippen molar-refractivity contribution in [2.24, 2.45) is 0 Å². The van der Waals surface area contributed by atoms with Crippen LogP contribution in [-0.4, -0.2) is 74.2 Å². The van der Waals surface area contributed by atoms with Crippen molar-refractivity contribution in [3.8, 4) is 0 Å². The van der Waals surface area contributed by atoms with Crippen molar-refractivity contribution < 1.29 is 13.2 Å². The van der Waals surface area contributed by atoms with Gasteiger partial charge in [0.2, 0.25) is 15.9 Å². The third kappa shape index (κ3) is 4.84. The molecule has 0 unspecified atom stereocenters. The summed E-state index contributed by atoms with van der Waals surface area (Å²) in [6, 6.07) is 8.56. The predicted molar refractivity (Wildman–Crippen MR) is 101 cm³/mol. The van der Waals surface area contributed by atoms with E-state index < -0.39 is 10.0 Å². The van der Waals surface area contributed by atoms with Crippen molar-refractivity contribution in [2.45, 2.75) is 37.0 Å². The van der Waals surface area contributed by atoms with Crippen LogP contribution < -0.4 is 0 Å². The molecule has 144 valence electrons. The summed E-state index contributed by atoms with van der Waals surface area (Å²) in [6.45, 7) is 4.20. The van der Waals surface area contributed by atoms with E-state index in [2.05, 4.69) is 4.90 Å². The Labute approximate surface area is 156 Å². The van der Waals surface area contributed by atoms with E-state index >= 15 is 0 Å². The Balaban J connectivity index is 1.51. The highest BCUT2D eigenvalue weighted by Gasteiger charge is 2.29. The molecule has 0 atom stereocenters. The molecule has 6 nitrogen and oxygen atoms in total. The zero-order valence-electron chi connectivity index (χ0n) is 15.3. The Hall–Kier alpha value is -1.44. The van der Waals surface area contributed by atoms with Crippen molar-refractivity contribution in [1.82, 2.24) is 14.1 Å². The Morgan fingerprint density at radius 2 is 1.38 bits per heavy atom. The highest BCUT2D eigenvalue weighted by atomic mass is 32.2. The largest absolute Gasteiger partial charge is 0.342 e. The standard InChI is InChI=1S/C19H29N3O3S/c23-19(21-11-7-2-1-3-8-12-21)17-20-13-15-22(16-14-20)26(24,25)18-9-5-4-6-10-18/h4-6,9-10H,1-3,7-8,11-17H2. The number of rotatable bonds is 4. The van der Waals surface area contributed by atoms with Crippen LogP contribution in [0.2, 0.25) is 0 Å². The molecule has 7 heteroatoms. The van der Waals surface area contributed by atoms with Crippen molar-refractivity contribution >= 4 is 15.9 Å². The number of hydrogen-bond acceptors (Lipinski definition) is 4. The highest BCUT2D eigenvalue weighted by Crippen LogP contribution is 2.17. The summed E-state index contributed by atoms with van der Waals surface area (Å²) in [4.78, 5) is 17.0. The van der Waals surface area contributed by atoms with E-state index in [1.54, 1.807) is 24.3 Å². The van der Waals surface area contributed by atoms with E-state index in [-0.39, 0.29) is 5.91 Å². The summed E-state index contributed by atoms with van der Waals surface area (Å²) >= 11 is 0. The van der Waals surface area contributed by atoms with E-state index in [1.807, 2.05) is 11.0 Å². The maximum atomic E-state index is 12.7. The summed E-state index contributed by atoms with van der Waals surface area (Å²) in [5.74, 6) is 0.186. The zero-order chi connectivity index (χ0) is 18.4. The monoisotopic (exact) mass is 379 g/mol. The maximum Gasteiger partial charge on any atom is 0.243 e. The van der Waals surface area contributed by atoms with Gasteiger partial charge in [-0.1, -0.05) is 37.5 Å². The van der Waals surface area contributed by atoms with Crippen LogP contribution in [0.4, 0.5) is 0 Å². The molecule has 0 N–H and O–H groups in total. The van der Waals surface area contributed by atoms with Gasteiger partial charge in [0.1, 0.15) is 0 Å². The first-order valence-corrected chi connectivity index (χ1v) is 11.1. The van der Waals surface area contributed by atoms with Crippen LogP contribution in [-0.2, 0) is 14.8 Å². The normalized spacial score (nSPS) is 21.2. The highest BCUT2D eigenvalue weighted by molar-refractivity contribution is 7.89. The van der Waals surface area contributed by atoms with Crippen LogP contribution in [0, 0.1) is 0 Å². The molecule has 0 aliphatic carbocycles. The Bertz CT molecular complexity index is 677. The third-order valence-electron chi connectivity index (χ3n) is 5.28. The third-order valence-corrected chi connectivity index (χ3v) is 7.19. The van der Waals surface area contributed by atoms with Crippen LogP contribution in [0.3, 0.4) is 0 Å². The van der Waals surface area contributed by atoms with Crippen molar-refractivity contribution in [3.63, 3.8) is 0 Å². The van der Waals surface area contributed by atoms with E-state index in [0.29, 0.717) is 37.6 Å². The zero-order valence-corrected chi connectivity index (χ0v) is 16.2. The first kappa shape index (κ1) is 19.3. The minimum absolute atomic E-state index is 0.186. The van der Waals surface area contributed by atoms with Gasteiger partial charge in [-0.15, -0.1) is 0 Å². The molecule has 26 heavy (non-hydrogen) atoms. The fourth-order valence-corrected chi connectivity index (χ4v) is 5.10. The van der Waals surface area contributed by atoms with Gasteiger partial charge in [-0.3, -0.25) is 9.69 Å². The summed E-state index contributed by atoms with van der Waals surface area (Å²) in [7, 11) is -3.43. The molecule has 2 aliphatic heterocycles. The van der Waals surface area contributed by atoms with Gasteiger partial charge in [0.15, 0.2) is 0 Å². The van der Waals surface area contributed by atoms with Crippen molar-refractivity contribution in [2.75, 3.05) is 45.8 Å². The number of nitrogens with zero attached hydrogens (tertiary/aromatic N) is 3. The van der Waals surface area contributed by atoms with E-state index in [1.165, 1.54) is 23.6 Å². The van der Waals surface area contributed by atoms with Crippen LogP contribution in [0.25, 0.3) is 0 Å². The van der Waals surface area contributed by atoms with Crippen LogP contribution in [0.5, 0.6) is 0 Å². The minimum atomic E-state index is -3.43. The smallest absolute Gasteiger partial charge is 0.243 e. The second-order valence-corrected chi connectivity index (χ2v) is 9.08. The molecule has 1 amide bonds. The van der Waals surface area contributed by atoms with Gasteiger partial charge >= 0.3 is 0 Å². The van der Waals surface area contributed by atoms with Crippen LogP contribution in [0.15, 0.2) is 35.2 Å². The predicted octanol–water partition coefficient (Wildman–Crippen LogP) is 1.79. The first-order valence-electron chi connectivity index (χ1n) is 9.63. The second kappa shape index (κ2) is 8.97. The number of hydrogen-bond donors (Lipinski definition) is 0. The lowest BCUT2D eigenvalue weighted by Gasteiger charge is -2.35. The fourth-order valence-electron chi connectivity index (χ4n) is 3.66. The molecule has 2 heterocycles. The topological polar surface area (TPSA) is 60.9 Å². The Morgan fingerprint density at radius 3 is 2.00 bits per heavy atom. The lowest BCUT2D eigenvalue weighted by Crippen LogP contribution is -2.51. The quantitative estimate of drug-likeness (QED) is 0.800. The van der Waals surface area contributed by atoms with Gasteiger partial charge in [-0.2, -0.15) is 4.31 Å². The summed E-state index contributed by atoms with van der Waals surface area (Å²) < 4.78 is 26.9. The molecule has 0 saturated carbocycles. The number of likely N-dealkylation sites (tertiary alicyclic amines) is 1. The molecule has 0 radical (unpaired) electrons. The van der Waals surface area contributed by atoms with Crippen LogP contribution in [0.1, 0.15) is 32.1 Å². The minimum Gasteiger partial charge on any atom is -0.342 e. The second-order valence-electron chi connectivity index (χ2n) is 7.14. The first-order chi connectivity index (χ1) is 12.6. The summed E-state index contributed by atoms with van der Waals surface area (Å²) in [5, 5.41) is 0. The molecule has 0 bridgehead atoms. The van der Waals surface area contributed by atoms with Gasteiger partial charge in [0.25, 0.3) is 0 Å². The van der Waals surface area contributed by atoms with Gasteiger partial charge < -0.3 is 4.90 Å². The van der Waals surface area contributed by atoms with Crippen LogP contribution >= 0.6 is 0 Å². The van der Waals surface area contributed by atoms with Gasteiger partial charge in [0, 0.05) is 39.3 Å². The van der Waals surface area contributed by atoms with E-state index in [9.17, 15) is 13.2 Å². The number of amides is 1. The lowest BCUT2D eigenvalue weighted by molar-refractivity contribution is -0.133. The van der Waals surface area contributed by atoms with Gasteiger partial charge in [0.05, 0.1) is 11.4 Å². The lowest BCUT2D eigenvalue weighted by atomic mass is 10.1. The van der Waals surface area contributed by atoms with Crippen molar-refractivity contribution in [1.29, 1.82) is 0 Å². The Morgan fingerprint density at radius 1 is 0.808 bits per heavy atom. The number of carbonyl (C=O) groups excluding carboxylic acids is 1. The summed E-state index contributed by atoms with van der Waals surface area (Å²) in [6.07, 6.45) is 5.88. The number of sulfonamides is 1. The average Bonchev–Trinajstić information content (AvgIpc) is 2.62. The molecule has 2 aliphatic rings. The molecule has 2 saturated heterocycles. The molecular formula is C19H29N3O3S. The molecule has 0 aromatic heterocycles. The molecule has 2 fully saturated rings.